The van der Waals surface area contributed by atoms with Gasteiger partial charge in [0, 0.05) is 13.1 Å². The second kappa shape index (κ2) is 3.04. The number of nitrogens with zero attached hydrogens (tertiary/aromatic N) is 1. The van der Waals surface area contributed by atoms with E-state index >= 15 is 0 Å². The third-order valence-corrected chi connectivity index (χ3v) is 2.46. The van der Waals surface area contributed by atoms with Gasteiger partial charge in [0.15, 0.2) is 0 Å². The summed E-state index contributed by atoms with van der Waals surface area (Å²) in [6.45, 7) is 2.20. The predicted octanol–water partition coefficient (Wildman–Crippen LogP) is -0.0786. The van der Waals surface area contributed by atoms with Gasteiger partial charge in [-0.1, -0.05) is 3.89 Å². The van der Waals surface area contributed by atoms with Crippen molar-refractivity contribution in [1.82, 2.24) is 4.31 Å². The molecule has 11 heavy (non-hydrogen) atoms. The van der Waals surface area contributed by atoms with Crippen LogP contribution in [0.15, 0.2) is 0 Å². The van der Waals surface area contributed by atoms with Crippen LogP contribution < -0.4 is 0 Å². The Morgan fingerprint density at radius 1 is 1.64 bits per heavy atom. The Kier molecular flexibility index (Phi) is 2.46. The van der Waals surface area contributed by atoms with Gasteiger partial charge in [-0.25, -0.2) is 0 Å². The maximum atomic E-state index is 12.3. The topological polar surface area (TPSA) is 46.6 Å². The maximum absolute atomic E-state index is 12.3. The Hall–Kier alpha value is -0.200. The smallest absolute Gasteiger partial charge is 0.374 e. The van der Waals surface area contributed by atoms with E-state index in [1.54, 1.807) is 6.92 Å². The SMILES string of the molecule is CC1CN(S(=O)(=O)F)CCO1. The van der Waals surface area contributed by atoms with Gasteiger partial charge in [-0.2, -0.15) is 12.7 Å². The highest BCUT2D eigenvalue weighted by Crippen LogP contribution is 2.09. The molecule has 0 radical (unpaired) electrons. The van der Waals surface area contributed by atoms with Crippen molar-refractivity contribution in [3.8, 4) is 0 Å². The van der Waals surface area contributed by atoms with E-state index in [4.69, 9.17) is 4.74 Å². The van der Waals surface area contributed by atoms with Crippen molar-refractivity contribution in [2.75, 3.05) is 19.7 Å². The third-order valence-electron chi connectivity index (χ3n) is 1.51. The van der Waals surface area contributed by atoms with E-state index in [0.717, 1.165) is 4.31 Å². The minimum Gasteiger partial charge on any atom is -0.376 e. The summed E-state index contributed by atoms with van der Waals surface area (Å²) in [5.74, 6) is 0. The van der Waals surface area contributed by atoms with Gasteiger partial charge in [0.2, 0.25) is 0 Å². The molecule has 1 saturated heterocycles. The number of rotatable bonds is 1. The first-order valence-corrected chi connectivity index (χ1v) is 4.65. The van der Waals surface area contributed by atoms with Crippen molar-refractivity contribution >= 4 is 10.4 Å². The van der Waals surface area contributed by atoms with Gasteiger partial charge in [0.1, 0.15) is 0 Å². The van der Waals surface area contributed by atoms with Crippen LogP contribution in [-0.2, 0) is 15.1 Å². The van der Waals surface area contributed by atoms with Crippen molar-refractivity contribution in [3.63, 3.8) is 0 Å². The number of halogens is 1. The van der Waals surface area contributed by atoms with Crippen LogP contribution in [0.2, 0.25) is 0 Å². The molecule has 66 valence electrons. The van der Waals surface area contributed by atoms with Crippen LogP contribution >= 0.6 is 0 Å². The first kappa shape index (κ1) is 8.89. The normalized spacial score (nSPS) is 28.7. The molecule has 1 unspecified atom stereocenters. The van der Waals surface area contributed by atoms with Crippen LogP contribution in [0, 0.1) is 0 Å². The molecule has 1 atom stereocenters. The van der Waals surface area contributed by atoms with Gasteiger partial charge in [-0.15, -0.1) is 0 Å². The predicted molar refractivity (Wildman–Crippen MR) is 37.0 cm³/mol. The van der Waals surface area contributed by atoms with E-state index in [1.165, 1.54) is 0 Å². The summed E-state index contributed by atoms with van der Waals surface area (Å²) in [4.78, 5) is 0. The summed E-state index contributed by atoms with van der Waals surface area (Å²) in [6.07, 6.45) is -0.214. The van der Waals surface area contributed by atoms with E-state index in [0.29, 0.717) is 0 Å². The molecule has 0 aromatic carbocycles. The first-order chi connectivity index (χ1) is 5.00. The Morgan fingerprint density at radius 3 is 2.64 bits per heavy atom. The number of morpholine rings is 1. The molecule has 0 saturated carbocycles. The summed E-state index contributed by atoms with van der Waals surface area (Å²) >= 11 is 0. The van der Waals surface area contributed by atoms with Crippen molar-refractivity contribution in [3.05, 3.63) is 0 Å². The molecule has 1 rings (SSSR count). The molecule has 0 bridgehead atoms. The molecule has 0 aliphatic carbocycles. The molecule has 4 nitrogen and oxygen atoms in total. The maximum Gasteiger partial charge on any atom is 0.374 e. The summed E-state index contributed by atoms with van der Waals surface area (Å²) in [5.41, 5.74) is 0. The molecule has 0 amide bonds. The molecule has 1 fully saturated rings. The second-order valence-electron chi connectivity index (χ2n) is 2.48. The highest BCUT2D eigenvalue weighted by Gasteiger charge is 2.26. The average Bonchev–Trinajstić information content (AvgIpc) is 1.86. The molecule has 0 aromatic heterocycles. The van der Waals surface area contributed by atoms with E-state index in [1.807, 2.05) is 0 Å². The zero-order chi connectivity index (χ0) is 8.48. The largest absolute Gasteiger partial charge is 0.376 e. The summed E-state index contributed by atoms with van der Waals surface area (Å²) in [7, 11) is -4.51. The Labute approximate surface area is 65.3 Å². The fourth-order valence-electron chi connectivity index (χ4n) is 0.985. The van der Waals surface area contributed by atoms with Gasteiger partial charge in [-0.05, 0) is 6.92 Å². The van der Waals surface area contributed by atoms with Crippen LogP contribution in [0.3, 0.4) is 0 Å². The monoisotopic (exact) mass is 183 g/mol. The number of hydrogen-bond donors (Lipinski definition) is 0. The molecular weight excluding hydrogens is 173 g/mol. The second-order valence-corrected chi connectivity index (χ2v) is 3.82. The van der Waals surface area contributed by atoms with Crippen LogP contribution in [0.1, 0.15) is 6.92 Å². The molecule has 0 N–H and O–H groups in total. The van der Waals surface area contributed by atoms with E-state index < -0.39 is 10.4 Å². The zero-order valence-electron chi connectivity index (χ0n) is 6.16. The molecule has 6 heteroatoms. The van der Waals surface area contributed by atoms with Crippen LogP contribution in [-0.4, -0.2) is 38.5 Å². The van der Waals surface area contributed by atoms with Gasteiger partial charge < -0.3 is 4.74 Å². The van der Waals surface area contributed by atoms with Crippen LogP contribution in [0.4, 0.5) is 3.89 Å². The highest BCUT2D eigenvalue weighted by atomic mass is 32.3. The fraction of sp³-hybridized carbons (Fsp3) is 1.00. The zero-order valence-corrected chi connectivity index (χ0v) is 6.97. The third kappa shape index (κ3) is 2.39. The average molecular weight is 183 g/mol. The minimum atomic E-state index is -4.51. The lowest BCUT2D eigenvalue weighted by Crippen LogP contribution is -2.42. The van der Waals surface area contributed by atoms with E-state index in [-0.39, 0.29) is 25.8 Å². The lowest BCUT2D eigenvalue weighted by molar-refractivity contribution is 0.00874. The Morgan fingerprint density at radius 2 is 2.27 bits per heavy atom. The van der Waals surface area contributed by atoms with E-state index in [2.05, 4.69) is 0 Å². The van der Waals surface area contributed by atoms with Crippen molar-refractivity contribution in [2.45, 2.75) is 13.0 Å². The molecule has 1 aliphatic heterocycles. The van der Waals surface area contributed by atoms with Gasteiger partial charge in [0.05, 0.1) is 12.7 Å². The molecule has 1 heterocycles. The first-order valence-electron chi connectivity index (χ1n) is 3.31. The number of hydrogen-bond acceptors (Lipinski definition) is 3. The van der Waals surface area contributed by atoms with Crippen LogP contribution in [0.5, 0.6) is 0 Å². The summed E-state index contributed by atoms with van der Waals surface area (Å²) in [6, 6.07) is 0. The lowest BCUT2D eigenvalue weighted by Gasteiger charge is -2.26. The molecular formula is C5H10FNO3S. The standard InChI is InChI=1S/C5H10FNO3S/c1-5-4-7(2-3-10-5)11(6,8)9/h5H,2-4H2,1H3. The van der Waals surface area contributed by atoms with Gasteiger partial charge >= 0.3 is 10.4 Å². The molecule has 1 aliphatic rings. The quantitative estimate of drug-likeness (QED) is 0.534. The molecule has 0 spiro atoms. The fourth-order valence-corrected chi connectivity index (χ4v) is 1.67. The van der Waals surface area contributed by atoms with Crippen molar-refractivity contribution < 1.29 is 17.0 Å². The highest BCUT2D eigenvalue weighted by molar-refractivity contribution is 7.83. The van der Waals surface area contributed by atoms with Crippen molar-refractivity contribution in [1.29, 1.82) is 0 Å². The number of ether oxygens (including phenoxy) is 1. The molecule has 0 aromatic rings. The van der Waals surface area contributed by atoms with Crippen LogP contribution in [0.25, 0.3) is 0 Å². The Balaban J connectivity index is 2.60. The lowest BCUT2D eigenvalue weighted by atomic mass is 10.3. The van der Waals surface area contributed by atoms with Gasteiger partial charge in [-0.3, -0.25) is 0 Å². The summed E-state index contributed by atoms with van der Waals surface area (Å²) < 4.78 is 38.8. The van der Waals surface area contributed by atoms with E-state index in [9.17, 15) is 12.3 Å². The van der Waals surface area contributed by atoms with Gasteiger partial charge in [0.25, 0.3) is 0 Å². The Bertz CT molecular complexity index is 228. The van der Waals surface area contributed by atoms with Crippen molar-refractivity contribution in [2.24, 2.45) is 0 Å². The minimum absolute atomic E-state index is 0.110. The summed E-state index contributed by atoms with van der Waals surface area (Å²) in [5, 5.41) is 0.